The Morgan fingerprint density at radius 1 is 1.11 bits per heavy atom. The first-order valence-electron chi connectivity index (χ1n) is 8.90. The molecule has 0 spiro atoms. The number of Topliss-reactive ketones (excluding diaryl/α,β-unsaturated/α-hetero) is 1. The average Bonchev–Trinajstić information content (AvgIpc) is 3.14. The SMILES string of the molecule is CC(NC(=O)c1ccc(Br)s1)C(=O)N1CCC(C(=O)c2ccccc2)CC1. The molecule has 0 aliphatic carbocycles. The van der Waals surface area contributed by atoms with Crippen LogP contribution >= 0.6 is 27.3 Å². The molecule has 0 bridgehead atoms. The van der Waals surface area contributed by atoms with Gasteiger partial charge in [0.1, 0.15) is 6.04 Å². The number of halogens is 1. The monoisotopic (exact) mass is 448 g/mol. The second-order valence-corrected chi connectivity index (χ2v) is 9.09. The number of ketones is 1. The quantitative estimate of drug-likeness (QED) is 0.708. The minimum absolute atomic E-state index is 0.0511. The predicted molar refractivity (Wildman–Crippen MR) is 109 cm³/mol. The number of nitrogens with zero attached hydrogens (tertiary/aromatic N) is 1. The van der Waals surface area contributed by atoms with Crippen LogP contribution < -0.4 is 5.32 Å². The molecule has 1 atom stereocenters. The second kappa shape index (κ2) is 8.80. The van der Waals surface area contributed by atoms with Gasteiger partial charge in [0, 0.05) is 24.6 Å². The molecule has 142 valence electrons. The van der Waals surface area contributed by atoms with Crippen LogP contribution in [0.25, 0.3) is 0 Å². The fourth-order valence-electron chi connectivity index (χ4n) is 3.24. The molecule has 2 aromatic rings. The minimum Gasteiger partial charge on any atom is -0.341 e. The van der Waals surface area contributed by atoms with Gasteiger partial charge in [-0.2, -0.15) is 0 Å². The van der Waals surface area contributed by atoms with Crippen LogP contribution in [0, 0.1) is 5.92 Å². The van der Waals surface area contributed by atoms with Crippen molar-refractivity contribution in [2.24, 2.45) is 5.92 Å². The lowest BCUT2D eigenvalue weighted by atomic mass is 9.88. The van der Waals surface area contributed by atoms with Crippen molar-refractivity contribution in [1.29, 1.82) is 0 Å². The molecule has 0 saturated carbocycles. The zero-order chi connectivity index (χ0) is 19.4. The van der Waals surface area contributed by atoms with Crippen molar-refractivity contribution in [3.8, 4) is 0 Å². The fourth-order valence-corrected chi connectivity index (χ4v) is 4.53. The summed E-state index contributed by atoms with van der Waals surface area (Å²) in [5.74, 6) is -0.262. The number of rotatable bonds is 5. The molecule has 1 unspecified atom stereocenters. The summed E-state index contributed by atoms with van der Waals surface area (Å²) in [7, 11) is 0. The number of nitrogens with one attached hydrogen (secondary N) is 1. The van der Waals surface area contributed by atoms with E-state index in [0.717, 1.165) is 9.35 Å². The molecule has 1 N–H and O–H groups in total. The molecule has 0 radical (unpaired) electrons. The first kappa shape index (κ1) is 19.8. The molecule has 27 heavy (non-hydrogen) atoms. The van der Waals surface area contributed by atoms with Crippen LogP contribution in [-0.4, -0.2) is 41.6 Å². The average molecular weight is 449 g/mol. The number of amides is 2. The molecule has 1 aromatic carbocycles. The van der Waals surface area contributed by atoms with E-state index in [-0.39, 0.29) is 23.5 Å². The molecule has 7 heteroatoms. The summed E-state index contributed by atoms with van der Waals surface area (Å²) in [5.41, 5.74) is 0.727. The van der Waals surface area contributed by atoms with Crippen LogP contribution in [-0.2, 0) is 4.79 Å². The molecule has 1 fully saturated rings. The van der Waals surface area contributed by atoms with Gasteiger partial charge >= 0.3 is 0 Å². The van der Waals surface area contributed by atoms with Gasteiger partial charge in [-0.3, -0.25) is 14.4 Å². The van der Waals surface area contributed by atoms with Crippen molar-refractivity contribution in [3.05, 3.63) is 56.7 Å². The van der Waals surface area contributed by atoms with E-state index in [1.54, 1.807) is 24.0 Å². The Balaban J connectivity index is 1.52. The van der Waals surface area contributed by atoms with Gasteiger partial charge in [-0.1, -0.05) is 30.3 Å². The number of carbonyl (C=O) groups excluding carboxylic acids is 3. The van der Waals surface area contributed by atoms with Crippen LogP contribution in [0.5, 0.6) is 0 Å². The van der Waals surface area contributed by atoms with E-state index in [1.165, 1.54) is 11.3 Å². The largest absolute Gasteiger partial charge is 0.341 e. The summed E-state index contributed by atoms with van der Waals surface area (Å²) in [6.45, 7) is 2.77. The number of piperidine rings is 1. The van der Waals surface area contributed by atoms with Crippen molar-refractivity contribution in [2.75, 3.05) is 13.1 Å². The van der Waals surface area contributed by atoms with Gasteiger partial charge < -0.3 is 10.2 Å². The van der Waals surface area contributed by atoms with E-state index in [2.05, 4.69) is 21.2 Å². The van der Waals surface area contributed by atoms with Gasteiger partial charge in [0.25, 0.3) is 5.91 Å². The summed E-state index contributed by atoms with van der Waals surface area (Å²) in [6.07, 6.45) is 1.30. The normalized spacial score (nSPS) is 16.0. The van der Waals surface area contributed by atoms with Crippen molar-refractivity contribution in [1.82, 2.24) is 10.2 Å². The summed E-state index contributed by atoms with van der Waals surface area (Å²) in [4.78, 5) is 39.7. The highest BCUT2D eigenvalue weighted by molar-refractivity contribution is 9.11. The van der Waals surface area contributed by atoms with Crippen LogP contribution in [0.1, 0.15) is 39.8 Å². The Labute approximate surface area is 170 Å². The predicted octanol–water partition coefficient (Wildman–Crippen LogP) is 3.75. The Hall–Kier alpha value is -1.99. The van der Waals surface area contributed by atoms with Crippen LogP contribution in [0.2, 0.25) is 0 Å². The third-order valence-electron chi connectivity index (χ3n) is 4.75. The zero-order valence-electron chi connectivity index (χ0n) is 15.0. The van der Waals surface area contributed by atoms with Crippen molar-refractivity contribution < 1.29 is 14.4 Å². The van der Waals surface area contributed by atoms with Crippen LogP contribution in [0.4, 0.5) is 0 Å². The lowest BCUT2D eigenvalue weighted by Crippen LogP contribution is -2.49. The molecular formula is C20H21BrN2O3S. The number of thiophene rings is 1. The standard InChI is InChI=1S/C20H21BrN2O3S/c1-13(22-19(25)16-7-8-17(21)27-16)20(26)23-11-9-15(10-12-23)18(24)14-5-3-2-4-6-14/h2-8,13,15H,9-12H2,1H3,(H,22,25). The Morgan fingerprint density at radius 2 is 1.78 bits per heavy atom. The van der Waals surface area contributed by atoms with Crippen LogP contribution in [0.15, 0.2) is 46.3 Å². The first-order valence-corrected chi connectivity index (χ1v) is 10.5. The lowest BCUT2D eigenvalue weighted by Gasteiger charge is -2.33. The first-order chi connectivity index (χ1) is 13.0. The minimum atomic E-state index is -0.597. The van der Waals surface area contributed by atoms with E-state index < -0.39 is 6.04 Å². The van der Waals surface area contributed by atoms with Gasteiger partial charge in [0.2, 0.25) is 5.91 Å². The highest BCUT2D eigenvalue weighted by Crippen LogP contribution is 2.23. The zero-order valence-corrected chi connectivity index (χ0v) is 17.4. The van der Waals surface area contributed by atoms with Gasteiger partial charge in [0.15, 0.2) is 5.78 Å². The number of hydrogen-bond donors (Lipinski definition) is 1. The molecule has 1 aromatic heterocycles. The number of benzene rings is 1. The maximum Gasteiger partial charge on any atom is 0.262 e. The van der Waals surface area contributed by atoms with E-state index in [1.807, 2.05) is 30.3 Å². The van der Waals surface area contributed by atoms with Crippen LogP contribution in [0.3, 0.4) is 0 Å². The fraction of sp³-hybridized carbons (Fsp3) is 0.350. The van der Waals surface area contributed by atoms with E-state index >= 15 is 0 Å². The lowest BCUT2D eigenvalue weighted by molar-refractivity contribution is -0.134. The molecule has 5 nitrogen and oxygen atoms in total. The van der Waals surface area contributed by atoms with Gasteiger partial charge in [-0.25, -0.2) is 0 Å². The highest BCUT2D eigenvalue weighted by Gasteiger charge is 2.30. The molecule has 1 aliphatic rings. The number of likely N-dealkylation sites (tertiary alicyclic amines) is 1. The molecular weight excluding hydrogens is 428 g/mol. The van der Waals surface area contributed by atoms with E-state index in [0.29, 0.717) is 30.8 Å². The van der Waals surface area contributed by atoms with Gasteiger partial charge in [-0.05, 0) is 47.8 Å². The Morgan fingerprint density at radius 3 is 2.37 bits per heavy atom. The summed E-state index contributed by atoms with van der Waals surface area (Å²) in [5, 5.41) is 2.76. The Bertz CT molecular complexity index is 829. The number of carbonyl (C=O) groups is 3. The maximum atomic E-state index is 12.6. The smallest absolute Gasteiger partial charge is 0.262 e. The van der Waals surface area contributed by atoms with Gasteiger partial charge in [0.05, 0.1) is 8.66 Å². The molecule has 3 rings (SSSR count). The van der Waals surface area contributed by atoms with Crippen molar-refractivity contribution >= 4 is 44.9 Å². The van der Waals surface area contributed by atoms with Crippen molar-refractivity contribution in [2.45, 2.75) is 25.8 Å². The number of hydrogen-bond acceptors (Lipinski definition) is 4. The summed E-state index contributed by atoms with van der Waals surface area (Å²) in [6, 6.07) is 12.2. The van der Waals surface area contributed by atoms with Crippen molar-refractivity contribution in [3.63, 3.8) is 0 Å². The topological polar surface area (TPSA) is 66.5 Å². The highest BCUT2D eigenvalue weighted by atomic mass is 79.9. The van der Waals surface area contributed by atoms with Gasteiger partial charge in [-0.15, -0.1) is 11.3 Å². The third-order valence-corrected chi connectivity index (χ3v) is 6.37. The van der Waals surface area contributed by atoms with E-state index in [4.69, 9.17) is 0 Å². The molecule has 1 saturated heterocycles. The summed E-state index contributed by atoms with van der Waals surface area (Å²) >= 11 is 4.66. The summed E-state index contributed by atoms with van der Waals surface area (Å²) < 4.78 is 0.872. The van der Waals surface area contributed by atoms with E-state index in [9.17, 15) is 14.4 Å². The maximum absolute atomic E-state index is 12.6. The molecule has 1 aliphatic heterocycles. The third kappa shape index (κ3) is 4.84. The second-order valence-electron chi connectivity index (χ2n) is 6.63. The Kier molecular flexibility index (Phi) is 6.44. The molecule has 2 heterocycles. The molecule has 2 amide bonds.